The lowest BCUT2D eigenvalue weighted by molar-refractivity contribution is -0.154. The zero-order chi connectivity index (χ0) is 26.1. The van der Waals surface area contributed by atoms with Crippen molar-refractivity contribution in [2.24, 2.45) is 5.73 Å². The lowest BCUT2D eigenvalue weighted by Gasteiger charge is -2.28. The van der Waals surface area contributed by atoms with Crippen LogP contribution in [0.2, 0.25) is 0 Å². The van der Waals surface area contributed by atoms with Crippen LogP contribution >= 0.6 is 11.7 Å². The van der Waals surface area contributed by atoms with Crippen LogP contribution in [0.3, 0.4) is 0 Å². The zero-order valence-corrected chi connectivity index (χ0v) is 22.0. The van der Waals surface area contributed by atoms with E-state index in [1.54, 1.807) is 13.1 Å². The minimum Gasteiger partial charge on any atom is -0.470 e. The summed E-state index contributed by atoms with van der Waals surface area (Å²) in [7, 11) is 0. The molecule has 1 amide bonds. The number of anilines is 1. The summed E-state index contributed by atoms with van der Waals surface area (Å²) in [6.07, 6.45) is 2.60. The lowest BCUT2D eigenvalue weighted by Crippen LogP contribution is -2.51. The summed E-state index contributed by atoms with van der Waals surface area (Å²) in [5.41, 5.74) is 6.15. The van der Waals surface area contributed by atoms with Gasteiger partial charge in [0.15, 0.2) is 0 Å². The maximum atomic E-state index is 13.2. The Morgan fingerprint density at radius 2 is 2.06 bits per heavy atom. The number of aromatic amines is 1. The third-order valence-corrected chi connectivity index (χ3v) is 5.80. The molecule has 0 aromatic carbocycles. The minimum atomic E-state index is -0.953. The number of hydrogen-bond donors (Lipinski definition) is 4. The van der Waals surface area contributed by atoms with Gasteiger partial charge in [-0.05, 0) is 27.7 Å². The number of carbonyl (C=O) groups excluding carboxylic acids is 2. The van der Waals surface area contributed by atoms with Crippen LogP contribution in [0.4, 0.5) is 5.82 Å². The third kappa shape index (κ3) is 8.69. The van der Waals surface area contributed by atoms with Crippen molar-refractivity contribution < 1.29 is 23.8 Å². The summed E-state index contributed by atoms with van der Waals surface area (Å²) in [5.74, 6) is -0.0232. The lowest BCUT2D eigenvalue weighted by atomic mass is 10.1. The first kappa shape index (κ1) is 27.8. The Hall–Kier alpha value is -2.81. The largest absolute Gasteiger partial charge is 0.470 e. The van der Waals surface area contributed by atoms with E-state index in [2.05, 4.69) is 34.2 Å². The van der Waals surface area contributed by atoms with Crippen molar-refractivity contribution in [2.75, 3.05) is 44.4 Å². The van der Waals surface area contributed by atoms with Crippen molar-refractivity contribution in [1.82, 2.24) is 29.3 Å². The second-order valence-corrected chi connectivity index (χ2v) is 10.2. The van der Waals surface area contributed by atoms with Crippen molar-refractivity contribution in [1.29, 1.82) is 0 Å². The second kappa shape index (κ2) is 12.9. The van der Waals surface area contributed by atoms with Gasteiger partial charge in [0, 0.05) is 43.5 Å². The number of imidazole rings is 1. The number of nitrogens with zero attached hydrogens (tertiary/aromatic N) is 4. The van der Waals surface area contributed by atoms with Crippen molar-refractivity contribution >= 4 is 29.4 Å². The molecule has 0 radical (unpaired) electrons. The van der Waals surface area contributed by atoms with E-state index in [9.17, 15) is 9.59 Å². The van der Waals surface area contributed by atoms with E-state index >= 15 is 0 Å². The molecule has 3 atom stereocenters. The molecule has 0 saturated carbocycles. The Morgan fingerprint density at radius 3 is 2.69 bits per heavy atom. The molecule has 0 aliphatic carbocycles. The van der Waals surface area contributed by atoms with Crippen LogP contribution in [0.25, 0.3) is 0 Å². The Labute approximate surface area is 214 Å². The van der Waals surface area contributed by atoms with Crippen molar-refractivity contribution in [3.8, 4) is 5.88 Å². The summed E-state index contributed by atoms with van der Waals surface area (Å²) in [6.45, 7) is 10.6. The zero-order valence-electron chi connectivity index (χ0n) is 21.2. The van der Waals surface area contributed by atoms with E-state index in [0.717, 1.165) is 11.7 Å². The van der Waals surface area contributed by atoms with E-state index in [0.29, 0.717) is 50.2 Å². The number of nitrogens with one attached hydrogen (secondary N) is 3. The summed E-state index contributed by atoms with van der Waals surface area (Å²) in [6, 6.07) is -1.73. The molecule has 200 valence electrons. The van der Waals surface area contributed by atoms with E-state index < -0.39 is 30.1 Å². The molecule has 3 heterocycles. The number of esters is 1. The van der Waals surface area contributed by atoms with Gasteiger partial charge < -0.3 is 40.5 Å². The molecule has 5 N–H and O–H groups in total. The molecular weight excluding hydrogens is 488 g/mol. The fraction of sp³-hybridized carbons (Fsp3) is 0.682. The number of H-pyrrole nitrogens is 1. The van der Waals surface area contributed by atoms with Crippen LogP contribution in [0, 0.1) is 0 Å². The second-order valence-electron chi connectivity index (χ2n) is 9.62. The Bertz CT molecular complexity index is 956. The normalized spacial score (nSPS) is 16.8. The molecule has 1 aliphatic rings. The van der Waals surface area contributed by atoms with E-state index in [1.165, 1.54) is 6.33 Å². The summed E-state index contributed by atoms with van der Waals surface area (Å²) in [5, 5.41) is 6.01. The minimum absolute atomic E-state index is 0.0512. The van der Waals surface area contributed by atoms with Gasteiger partial charge in [0.2, 0.25) is 11.7 Å². The number of carbonyl (C=O) groups is 2. The van der Waals surface area contributed by atoms with Crippen LogP contribution in [0.5, 0.6) is 5.88 Å². The first-order valence-electron chi connectivity index (χ1n) is 11.9. The van der Waals surface area contributed by atoms with Gasteiger partial charge in [0.05, 0.1) is 37.3 Å². The maximum Gasteiger partial charge on any atom is 0.329 e. The smallest absolute Gasteiger partial charge is 0.329 e. The molecule has 0 spiro atoms. The molecule has 13 nitrogen and oxygen atoms in total. The topological polar surface area (TPSA) is 170 Å². The first-order chi connectivity index (χ1) is 17.1. The van der Waals surface area contributed by atoms with Gasteiger partial charge in [-0.2, -0.15) is 4.37 Å². The Balaban J connectivity index is 1.69. The fourth-order valence-electron chi connectivity index (χ4n) is 3.32. The standard InChI is InChI=1S/C22H36N8O5S/c1-14(23)19(31)27-17(9-15-10-24-13-25-15)21(32)35-16(11-26-22(2,3)4)12-34-20-18(28-36-29-20)30-5-7-33-8-6-30/h10,13-14,16-17,26H,5-9,11-12,23H2,1-4H3,(H,24,25)(H,27,31)/t14-,16-,17-/m0/s1. The monoisotopic (exact) mass is 524 g/mol. The van der Waals surface area contributed by atoms with E-state index in [1.807, 2.05) is 20.8 Å². The molecular formula is C22H36N8O5S. The van der Waals surface area contributed by atoms with Crippen molar-refractivity contribution in [3.05, 3.63) is 18.2 Å². The van der Waals surface area contributed by atoms with Gasteiger partial charge in [-0.25, -0.2) is 9.78 Å². The molecule has 1 saturated heterocycles. The van der Waals surface area contributed by atoms with E-state index in [-0.39, 0.29) is 18.6 Å². The highest BCUT2D eigenvalue weighted by molar-refractivity contribution is 6.99. The Kier molecular flexibility index (Phi) is 9.98. The molecule has 1 fully saturated rings. The molecule has 14 heteroatoms. The number of amides is 1. The molecule has 2 aromatic heterocycles. The maximum absolute atomic E-state index is 13.2. The predicted octanol–water partition coefficient (Wildman–Crippen LogP) is -0.149. The molecule has 0 unspecified atom stereocenters. The molecule has 1 aliphatic heterocycles. The number of nitrogens with two attached hydrogens (primary N) is 1. The number of rotatable bonds is 12. The average Bonchev–Trinajstić information content (AvgIpc) is 3.52. The molecule has 3 rings (SSSR count). The highest BCUT2D eigenvalue weighted by atomic mass is 32.1. The fourth-order valence-corrected chi connectivity index (χ4v) is 3.84. The quantitative estimate of drug-likeness (QED) is 0.272. The van der Waals surface area contributed by atoms with Gasteiger partial charge in [0.1, 0.15) is 18.8 Å². The van der Waals surface area contributed by atoms with Crippen LogP contribution in [0.1, 0.15) is 33.4 Å². The van der Waals surface area contributed by atoms with Crippen molar-refractivity contribution in [2.45, 2.75) is 57.8 Å². The number of morpholine rings is 1. The summed E-state index contributed by atoms with van der Waals surface area (Å²) >= 11 is 1.06. The van der Waals surface area contributed by atoms with Gasteiger partial charge in [-0.15, -0.1) is 4.37 Å². The van der Waals surface area contributed by atoms with Crippen LogP contribution in [-0.2, 0) is 25.5 Å². The molecule has 36 heavy (non-hydrogen) atoms. The van der Waals surface area contributed by atoms with Gasteiger partial charge in [-0.3, -0.25) is 4.79 Å². The number of ether oxygens (including phenoxy) is 3. The first-order valence-corrected chi connectivity index (χ1v) is 12.6. The highest BCUT2D eigenvalue weighted by Crippen LogP contribution is 2.26. The van der Waals surface area contributed by atoms with Gasteiger partial charge in [0.25, 0.3) is 5.88 Å². The van der Waals surface area contributed by atoms with Crippen LogP contribution in [0.15, 0.2) is 12.5 Å². The summed E-state index contributed by atoms with van der Waals surface area (Å²) < 4.78 is 25.9. The van der Waals surface area contributed by atoms with Crippen LogP contribution in [-0.4, -0.2) is 93.8 Å². The number of hydrogen-bond acceptors (Lipinski definition) is 12. The average molecular weight is 525 g/mol. The van der Waals surface area contributed by atoms with Crippen molar-refractivity contribution in [3.63, 3.8) is 0 Å². The SMILES string of the molecule is C[C@H](N)C(=O)N[C@@H](Cc1cnc[nH]1)C(=O)O[C@@H](CNC(C)(C)C)COc1nsnc1N1CCOCC1. The van der Waals surface area contributed by atoms with Gasteiger partial charge >= 0.3 is 5.97 Å². The van der Waals surface area contributed by atoms with Gasteiger partial charge in [-0.1, -0.05) is 0 Å². The summed E-state index contributed by atoms with van der Waals surface area (Å²) in [4.78, 5) is 34.4. The Morgan fingerprint density at radius 1 is 1.31 bits per heavy atom. The highest BCUT2D eigenvalue weighted by Gasteiger charge is 2.29. The third-order valence-electron chi connectivity index (χ3n) is 5.30. The molecule has 2 aromatic rings. The van der Waals surface area contributed by atoms with E-state index in [4.69, 9.17) is 19.9 Å². The molecule has 0 bridgehead atoms. The van der Waals surface area contributed by atoms with Crippen LogP contribution < -0.4 is 26.0 Å². The predicted molar refractivity (Wildman–Crippen MR) is 134 cm³/mol. The number of aromatic nitrogens is 4.